The Hall–Kier alpha value is -2.37. The third-order valence-corrected chi connectivity index (χ3v) is 8.69. The first-order valence-electron chi connectivity index (χ1n) is 11.3. The molecule has 33 heavy (non-hydrogen) atoms. The lowest BCUT2D eigenvalue weighted by Crippen LogP contribution is -2.23. The molecule has 0 amide bonds. The van der Waals surface area contributed by atoms with Crippen LogP contribution in [0.25, 0.3) is 11.4 Å². The van der Waals surface area contributed by atoms with Crippen LogP contribution in [-0.2, 0) is 23.1 Å². The summed E-state index contributed by atoms with van der Waals surface area (Å²) in [4.78, 5) is 6.41. The quantitative estimate of drug-likeness (QED) is 0.473. The van der Waals surface area contributed by atoms with Crippen LogP contribution >= 0.6 is 12.2 Å². The van der Waals surface area contributed by atoms with Gasteiger partial charge in [0.2, 0.25) is 0 Å². The van der Waals surface area contributed by atoms with E-state index in [-0.39, 0.29) is 17.5 Å². The minimum Gasteiger partial charge on any atom is -0.297 e. The van der Waals surface area contributed by atoms with Crippen molar-refractivity contribution in [3.63, 3.8) is 0 Å². The molecule has 9 nitrogen and oxygen atoms in total. The van der Waals surface area contributed by atoms with Gasteiger partial charge in [0.1, 0.15) is 0 Å². The van der Waals surface area contributed by atoms with Gasteiger partial charge >= 0.3 is 0 Å². The van der Waals surface area contributed by atoms with Gasteiger partial charge in [-0.25, -0.2) is 13.1 Å². The Morgan fingerprint density at radius 3 is 2.61 bits per heavy atom. The predicted molar refractivity (Wildman–Crippen MR) is 128 cm³/mol. The van der Waals surface area contributed by atoms with Crippen molar-refractivity contribution in [1.29, 1.82) is 0 Å². The van der Waals surface area contributed by atoms with Crippen LogP contribution in [-0.4, -0.2) is 61.0 Å². The Balaban J connectivity index is 1.37. The molecular formula is C22H29N7O2S2. The largest absolute Gasteiger partial charge is 0.297 e. The lowest BCUT2D eigenvalue weighted by Gasteiger charge is -2.17. The van der Waals surface area contributed by atoms with Gasteiger partial charge in [0, 0.05) is 41.8 Å². The molecule has 11 heteroatoms. The summed E-state index contributed by atoms with van der Waals surface area (Å²) >= 11 is 5.80. The topological polar surface area (TPSA) is 90.8 Å². The predicted octanol–water partition coefficient (Wildman–Crippen LogP) is 3.07. The summed E-state index contributed by atoms with van der Waals surface area (Å²) in [6.45, 7) is 5.25. The van der Waals surface area contributed by atoms with Crippen molar-refractivity contribution in [3.05, 3.63) is 46.2 Å². The Labute approximate surface area is 199 Å². The number of nitrogens with zero attached hydrogens (tertiary/aromatic N) is 7. The molecule has 2 aliphatic rings. The van der Waals surface area contributed by atoms with Gasteiger partial charge in [-0.15, -0.1) is 0 Å². The molecule has 1 aliphatic carbocycles. The second-order valence-corrected chi connectivity index (χ2v) is 11.8. The van der Waals surface area contributed by atoms with Crippen molar-refractivity contribution in [3.8, 4) is 11.4 Å². The normalized spacial score (nSPS) is 20.1. The summed E-state index contributed by atoms with van der Waals surface area (Å²) in [6.07, 6.45) is 6.46. The monoisotopic (exact) mass is 487 g/mol. The van der Waals surface area contributed by atoms with Gasteiger partial charge < -0.3 is 0 Å². The first-order chi connectivity index (χ1) is 15.7. The highest BCUT2D eigenvalue weighted by atomic mass is 32.2. The molecule has 0 bridgehead atoms. The van der Waals surface area contributed by atoms with Crippen LogP contribution in [0.4, 0.5) is 0 Å². The average Bonchev–Trinajstić information content (AvgIpc) is 3.40. The Kier molecular flexibility index (Phi) is 5.74. The van der Waals surface area contributed by atoms with Crippen LogP contribution in [0.5, 0.6) is 0 Å². The van der Waals surface area contributed by atoms with Crippen molar-refractivity contribution in [1.82, 2.24) is 34.0 Å². The van der Waals surface area contributed by atoms with Gasteiger partial charge in [0.25, 0.3) is 0 Å². The lowest BCUT2D eigenvalue weighted by molar-refractivity contribution is 0.243. The highest BCUT2D eigenvalue weighted by molar-refractivity contribution is 7.91. The number of hydrogen-bond donors (Lipinski definition) is 0. The molecule has 0 aromatic carbocycles. The zero-order chi connectivity index (χ0) is 23.3. The fourth-order valence-electron chi connectivity index (χ4n) is 4.66. The maximum atomic E-state index is 11.9. The van der Waals surface area contributed by atoms with Crippen LogP contribution in [0.15, 0.2) is 24.5 Å². The van der Waals surface area contributed by atoms with Crippen molar-refractivity contribution in [2.75, 3.05) is 18.6 Å². The number of aryl methyl sites for hydroxylation is 1. The number of pyridine rings is 1. The highest BCUT2D eigenvalue weighted by Gasteiger charge is 2.32. The highest BCUT2D eigenvalue weighted by Crippen LogP contribution is 2.38. The van der Waals surface area contributed by atoms with E-state index in [2.05, 4.69) is 14.5 Å². The Bertz CT molecular complexity index is 1340. The summed E-state index contributed by atoms with van der Waals surface area (Å²) in [5.74, 6) is 1.29. The molecule has 1 saturated heterocycles. The van der Waals surface area contributed by atoms with Crippen molar-refractivity contribution < 1.29 is 8.42 Å². The smallest absolute Gasteiger partial charge is 0.199 e. The standard InChI is InChI=1S/C22H29N7O2S2/c1-15-20(16(2)29(24-15)19-8-10-33(30,31)13-19)12-26(3)14-27-22(32)28(18-6-7-18)21(25-27)17-5-4-9-23-11-17/h4-5,9,11,18-19H,6-8,10,12-14H2,1-3H3. The fourth-order valence-corrected chi connectivity index (χ4v) is 6.69. The molecule has 3 aromatic rings. The summed E-state index contributed by atoms with van der Waals surface area (Å²) < 4.78 is 30.6. The maximum absolute atomic E-state index is 11.9. The van der Waals surface area contributed by atoms with E-state index in [1.54, 1.807) is 6.20 Å². The minimum atomic E-state index is -2.96. The van der Waals surface area contributed by atoms with Crippen LogP contribution in [0.1, 0.15) is 48.3 Å². The number of sulfone groups is 1. The fraction of sp³-hybridized carbons (Fsp3) is 0.545. The number of rotatable bonds is 7. The van der Waals surface area contributed by atoms with E-state index in [1.807, 2.05) is 48.6 Å². The van der Waals surface area contributed by atoms with Crippen LogP contribution < -0.4 is 0 Å². The zero-order valence-electron chi connectivity index (χ0n) is 19.2. The molecule has 0 spiro atoms. The molecule has 0 radical (unpaired) electrons. The van der Waals surface area contributed by atoms with Gasteiger partial charge in [-0.2, -0.15) is 10.2 Å². The molecule has 1 aliphatic heterocycles. The van der Waals surface area contributed by atoms with Gasteiger partial charge in [0.05, 0.1) is 29.9 Å². The first kappa shape index (κ1) is 22.4. The maximum Gasteiger partial charge on any atom is 0.199 e. The third-order valence-electron chi connectivity index (χ3n) is 6.53. The molecule has 5 rings (SSSR count). The molecule has 4 heterocycles. The lowest BCUT2D eigenvalue weighted by atomic mass is 10.2. The molecule has 1 atom stereocenters. The van der Waals surface area contributed by atoms with E-state index in [0.717, 1.165) is 46.0 Å². The van der Waals surface area contributed by atoms with Crippen LogP contribution in [0.3, 0.4) is 0 Å². The van der Waals surface area contributed by atoms with Gasteiger partial charge in [-0.1, -0.05) is 0 Å². The van der Waals surface area contributed by atoms with E-state index in [0.29, 0.717) is 25.7 Å². The van der Waals surface area contributed by atoms with Crippen LogP contribution in [0.2, 0.25) is 0 Å². The van der Waals surface area contributed by atoms with Crippen LogP contribution in [0, 0.1) is 18.6 Å². The summed E-state index contributed by atoms with van der Waals surface area (Å²) in [5, 5.41) is 9.55. The summed E-state index contributed by atoms with van der Waals surface area (Å²) in [6, 6.07) is 4.27. The zero-order valence-corrected chi connectivity index (χ0v) is 20.8. The van der Waals surface area contributed by atoms with E-state index in [1.165, 1.54) is 0 Å². The number of aromatic nitrogens is 6. The van der Waals surface area contributed by atoms with E-state index in [4.69, 9.17) is 22.4 Å². The van der Waals surface area contributed by atoms with Gasteiger partial charge in [-0.05, 0) is 64.5 Å². The third kappa shape index (κ3) is 4.41. The van der Waals surface area contributed by atoms with E-state index < -0.39 is 9.84 Å². The molecule has 2 fully saturated rings. The molecular weight excluding hydrogens is 458 g/mol. The molecule has 1 saturated carbocycles. The molecule has 1 unspecified atom stereocenters. The van der Waals surface area contributed by atoms with E-state index >= 15 is 0 Å². The summed E-state index contributed by atoms with van der Waals surface area (Å²) in [7, 11) is -0.921. The van der Waals surface area contributed by atoms with E-state index in [9.17, 15) is 8.42 Å². The van der Waals surface area contributed by atoms with Crippen molar-refractivity contribution >= 4 is 22.1 Å². The van der Waals surface area contributed by atoms with Crippen molar-refractivity contribution in [2.45, 2.75) is 58.4 Å². The Morgan fingerprint density at radius 1 is 1.18 bits per heavy atom. The average molecular weight is 488 g/mol. The molecule has 3 aromatic heterocycles. The SMILES string of the molecule is Cc1nn(C2CCS(=O)(=O)C2)c(C)c1CN(C)Cn1nc(-c2cccnc2)n(C2CC2)c1=S. The minimum absolute atomic E-state index is 0.0716. The van der Waals surface area contributed by atoms with Gasteiger partial charge in [-0.3, -0.25) is 19.1 Å². The second kappa shape index (κ2) is 8.44. The first-order valence-corrected chi connectivity index (χ1v) is 13.5. The molecule has 176 valence electrons. The van der Waals surface area contributed by atoms with Gasteiger partial charge in [0.15, 0.2) is 20.4 Å². The number of hydrogen-bond acceptors (Lipinski definition) is 7. The second-order valence-electron chi connectivity index (χ2n) is 9.25. The molecule has 0 N–H and O–H groups in total. The Morgan fingerprint density at radius 2 is 1.97 bits per heavy atom. The van der Waals surface area contributed by atoms with Crippen molar-refractivity contribution in [2.24, 2.45) is 0 Å². The summed E-state index contributed by atoms with van der Waals surface area (Å²) in [5.41, 5.74) is 4.07.